The van der Waals surface area contributed by atoms with E-state index in [4.69, 9.17) is 0 Å². The predicted octanol–water partition coefficient (Wildman–Crippen LogP) is 3.41. The van der Waals surface area contributed by atoms with Crippen molar-refractivity contribution in [1.82, 2.24) is 0 Å². The summed E-state index contributed by atoms with van der Waals surface area (Å²) in [5.74, 6) is 0. The Morgan fingerprint density at radius 2 is 2.00 bits per heavy atom. The van der Waals surface area contributed by atoms with E-state index in [-0.39, 0.29) is 10.6 Å². The van der Waals surface area contributed by atoms with E-state index in [9.17, 15) is 10.1 Å². The van der Waals surface area contributed by atoms with Crippen molar-refractivity contribution in [3.05, 3.63) is 46.0 Å². The first-order valence-corrected chi connectivity index (χ1v) is 4.56. The fraction of sp³-hybridized carbons (Fsp3) is 0.273. The van der Waals surface area contributed by atoms with Crippen LogP contribution in [-0.4, -0.2) is 4.92 Å². The Kier molecular flexibility index (Phi) is 3.40. The van der Waals surface area contributed by atoms with Crippen LogP contribution >= 0.6 is 0 Å². The van der Waals surface area contributed by atoms with Gasteiger partial charge in [0.1, 0.15) is 0 Å². The minimum absolute atomic E-state index is 0.137. The van der Waals surface area contributed by atoms with E-state index in [1.54, 1.807) is 12.1 Å². The summed E-state index contributed by atoms with van der Waals surface area (Å²) >= 11 is 0. The van der Waals surface area contributed by atoms with Gasteiger partial charge in [-0.05, 0) is 36.6 Å². The quantitative estimate of drug-likeness (QED) is 0.542. The zero-order chi connectivity index (χ0) is 10.6. The third-order valence-corrected chi connectivity index (χ3v) is 2.04. The second-order valence-corrected chi connectivity index (χ2v) is 3.10. The Morgan fingerprint density at radius 1 is 1.43 bits per heavy atom. The van der Waals surface area contributed by atoms with Crippen LogP contribution in [0, 0.1) is 10.1 Å². The molecule has 1 rings (SSSR count). The summed E-state index contributed by atoms with van der Waals surface area (Å²) in [6.45, 7) is 4.07. The van der Waals surface area contributed by atoms with Crippen molar-refractivity contribution in [2.24, 2.45) is 0 Å². The monoisotopic (exact) mass is 191 g/mol. The normalized spacial score (nSPS) is 11.4. The van der Waals surface area contributed by atoms with E-state index in [2.05, 4.69) is 13.0 Å². The SMILES string of the molecule is CCC=C(C)c1ccc([N+](=O)[O-])cc1. The zero-order valence-corrected chi connectivity index (χ0v) is 8.36. The molecule has 0 spiro atoms. The fourth-order valence-corrected chi connectivity index (χ4v) is 1.27. The summed E-state index contributed by atoms with van der Waals surface area (Å²) in [7, 11) is 0. The van der Waals surface area contributed by atoms with E-state index in [1.807, 2.05) is 6.92 Å². The number of benzene rings is 1. The number of nitro groups is 1. The maximum Gasteiger partial charge on any atom is 0.269 e. The summed E-state index contributed by atoms with van der Waals surface area (Å²) in [4.78, 5) is 10.0. The highest BCUT2D eigenvalue weighted by Gasteiger charge is 2.03. The standard InChI is InChI=1S/C11H13NO2/c1-3-4-9(2)10-5-7-11(8-6-10)12(13)14/h4-8H,3H2,1-2H3. The van der Waals surface area contributed by atoms with Gasteiger partial charge >= 0.3 is 0 Å². The van der Waals surface area contributed by atoms with Crippen molar-refractivity contribution < 1.29 is 4.92 Å². The lowest BCUT2D eigenvalue weighted by atomic mass is 10.1. The van der Waals surface area contributed by atoms with E-state index in [1.165, 1.54) is 12.1 Å². The number of rotatable bonds is 3. The lowest BCUT2D eigenvalue weighted by Crippen LogP contribution is -1.87. The number of non-ortho nitro benzene ring substituents is 1. The van der Waals surface area contributed by atoms with Gasteiger partial charge in [-0.3, -0.25) is 10.1 Å². The van der Waals surface area contributed by atoms with Gasteiger partial charge in [-0.1, -0.05) is 13.0 Å². The highest BCUT2D eigenvalue weighted by atomic mass is 16.6. The van der Waals surface area contributed by atoms with Gasteiger partial charge < -0.3 is 0 Å². The first-order valence-electron chi connectivity index (χ1n) is 4.56. The highest BCUT2D eigenvalue weighted by Crippen LogP contribution is 2.18. The Morgan fingerprint density at radius 3 is 2.43 bits per heavy atom. The smallest absolute Gasteiger partial charge is 0.258 e. The van der Waals surface area contributed by atoms with Crippen LogP contribution in [0.1, 0.15) is 25.8 Å². The molecule has 0 aliphatic rings. The molecule has 0 heterocycles. The van der Waals surface area contributed by atoms with Gasteiger partial charge in [0.25, 0.3) is 5.69 Å². The van der Waals surface area contributed by atoms with Crippen LogP contribution in [-0.2, 0) is 0 Å². The third-order valence-electron chi connectivity index (χ3n) is 2.04. The molecule has 0 unspecified atom stereocenters. The van der Waals surface area contributed by atoms with Crippen LogP contribution in [0.2, 0.25) is 0 Å². The fourth-order valence-electron chi connectivity index (χ4n) is 1.27. The number of allylic oxidation sites excluding steroid dienone is 2. The maximum absolute atomic E-state index is 10.4. The molecule has 0 fully saturated rings. The van der Waals surface area contributed by atoms with Gasteiger partial charge in [-0.2, -0.15) is 0 Å². The van der Waals surface area contributed by atoms with Crippen LogP contribution in [0.4, 0.5) is 5.69 Å². The molecule has 3 heteroatoms. The number of nitrogens with zero attached hydrogens (tertiary/aromatic N) is 1. The van der Waals surface area contributed by atoms with Crippen molar-refractivity contribution in [3.8, 4) is 0 Å². The minimum Gasteiger partial charge on any atom is -0.258 e. The van der Waals surface area contributed by atoms with E-state index < -0.39 is 0 Å². The first-order chi connectivity index (χ1) is 6.65. The summed E-state index contributed by atoms with van der Waals surface area (Å²) in [5, 5.41) is 10.4. The topological polar surface area (TPSA) is 43.1 Å². The molecule has 3 nitrogen and oxygen atoms in total. The van der Waals surface area contributed by atoms with Crippen LogP contribution in [0.3, 0.4) is 0 Å². The summed E-state index contributed by atoms with van der Waals surface area (Å²) in [6, 6.07) is 6.62. The van der Waals surface area contributed by atoms with E-state index in [0.29, 0.717) is 0 Å². The first kappa shape index (κ1) is 10.4. The second kappa shape index (κ2) is 4.56. The molecule has 0 radical (unpaired) electrons. The zero-order valence-electron chi connectivity index (χ0n) is 8.36. The largest absolute Gasteiger partial charge is 0.269 e. The van der Waals surface area contributed by atoms with Crippen molar-refractivity contribution in [2.75, 3.05) is 0 Å². The Hall–Kier alpha value is -1.64. The second-order valence-electron chi connectivity index (χ2n) is 3.10. The van der Waals surface area contributed by atoms with E-state index >= 15 is 0 Å². The minimum atomic E-state index is -0.386. The summed E-state index contributed by atoms with van der Waals surface area (Å²) < 4.78 is 0. The molecule has 0 aromatic heterocycles. The van der Waals surface area contributed by atoms with E-state index in [0.717, 1.165) is 17.6 Å². The van der Waals surface area contributed by atoms with Gasteiger partial charge in [-0.15, -0.1) is 0 Å². The van der Waals surface area contributed by atoms with Gasteiger partial charge in [0, 0.05) is 12.1 Å². The molecule has 0 bridgehead atoms. The number of nitro benzene ring substituents is 1. The Bertz CT molecular complexity index is 352. The number of hydrogen-bond donors (Lipinski definition) is 0. The molecular weight excluding hydrogens is 178 g/mol. The van der Waals surface area contributed by atoms with Crippen LogP contribution < -0.4 is 0 Å². The average Bonchev–Trinajstić information content (AvgIpc) is 2.18. The number of hydrogen-bond acceptors (Lipinski definition) is 2. The average molecular weight is 191 g/mol. The molecular formula is C11H13NO2. The third kappa shape index (κ3) is 2.42. The summed E-state index contributed by atoms with van der Waals surface area (Å²) in [5.41, 5.74) is 2.33. The van der Waals surface area contributed by atoms with Crippen molar-refractivity contribution in [1.29, 1.82) is 0 Å². The molecule has 0 amide bonds. The van der Waals surface area contributed by atoms with Crippen LogP contribution in [0.25, 0.3) is 5.57 Å². The molecule has 14 heavy (non-hydrogen) atoms. The molecule has 1 aromatic carbocycles. The lowest BCUT2D eigenvalue weighted by Gasteiger charge is -2.00. The highest BCUT2D eigenvalue weighted by molar-refractivity contribution is 5.64. The molecule has 74 valence electrons. The van der Waals surface area contributed by atoms with Crippen LogP contribution in [0.5, 0.6) is 0 Å². The van der Waals surface area contributed by atoms with Crippen LogP contribution in [0.15, 0.2) is 30.3 Å². The molecule has 0 N–H and O–H groups in total. The van der Waals surface area contributed by atoms with Gasteiger partial charge in [0.2, 0.25) is 0 Å². The molecule has 0 atom stereocenters. The van der Waals surface area contributed by atoms with Crippen molar-refractivity contribution in [3.63, 3.8) is 0 Å². The molecule has 0 saturated carbocycles. The summed E-state index contributed by atoms with van der Waals surface area (Å²) in [6.07, 6.45) is 3.07. The predicted molar refractivity (Wildman–Crippen MR) is 57.0 cm³/mol. The maximum atomic E-state index is 10.4. The Labute approximate surface area is 83.2 Å². The van der Waals surface area contributed by atoms with Gasteiger partial charge in [0.15, 0.2) is 0 Å². The molecule has 0 aliphatic carbocycles. The molecule has 1 aromatic rings. The molecule has 0 saturated heterocycles. The lowest BCUT2D eigenvalue weighted by molar-refractivity contribution is -0.384. The van der Waals surface area contributed by atoms with Crippen molar-refractivity contribution in [2.45, 2.75) is 20.3 Å². The van der Waals surface area contributed by atoms with Gasteiger partial charge in [0.05, 0.1) is 4.92 Å². The van der Waals surface area contributed by atoms with Crippen molar-refractivity contribution >= 4 is 11.3 Å². The Balaban J connectivity index is 2.94. The van der Waals surface area contributed by atoms with Gasteiger partial charge in [-0.25, -0.2) is 0 Å². The molecule has 0 aliphatic heterocycles.